The van der Waals surface area contributed by atoms with Crippen LogP contribution >= 0.6 is 27.3 Å². The van der Waals surface area contributed by atoms with E-state index in [0.29, 0.717) is 6.04 Å². The monoisotopic (exact) mass is 231 g/mol. The molecule has 0 bridgehead atoms. The predicted octanol–water partition coefficient (Wildman–Crippen LogP) is 2.92. The Hall–Kier alpha value is 0.140. The standard InChI is InChI=1S/C8H10BrNS/c9-6-3-7(11-4-6)8(10)5-1-2-5/h3-5,8H,1-2,10H2/t8-/m0/s1. The van der Waals surface area contributed by atoms with E-state index < -0.39 is 0 Å². The summed E-state index contributed by atoms with van der Waals surface area (Å²) < 4.78 is 1.16. The van der Waals surface area contributed by atoms with Gasteiger partial charge in [-0.15, -0.1) is 11.3 Å². The highest BCUT2D eigenvalue weighted by Crippen LogP contribution is 2.41. The van der Waals surface area contributed by atoms with E-state index in [0.717, 1.165) is 10.4 Å². The van der Waals surface area contributed by atoms with Crippen molar-refractivity contribution in [2.45, 2.75) is 18.9 Å². The molecule has 1 aliphatic rings. The SMILES string of the molecule is N[C@H](c1cc(Br)cs1)C1CC1. The summed E-state index contributed by atoms with van der Waals surface area (Å²) in [5, 5.41) is 2.09. The largest absolute Gasteiger partial charge is 0.323 e. The van der Waals surface area contributed by atoms with E-state index in [2.05, 4.69) is 27.4 Å². The first kappa shape index (κ1) is 7.77. The van der Waals surface area contributed by atoms with E-state index >= 15 is 0 Å². The second-order valence-corrected chi connectivity index (χ2v) is 4.89. The fourth-order valence-electron chi connectivity index (χ4n) is 1.19. The second kappa shape index (κ2) is 2.88. The summed E-state index contributed by atoms with van der Waals surface area (Å²) in [4.78, 5) is 1.32. The minimum atomic E-state index is 0.297. The third-order valence-electron chi connectivity index (χ3n) is 2.05. The molecule has 1 aromatic rings. The zero-order chi connectivity index (χ0) is 7.84. The molecule has 1 aromatic heterocycles. The Morgan fingerprint density at radius 2 is 2.36 bits per heavy atom. The maximum Gasteiger partial charge on any atom is 0.0418 e. The molecule has 0 aliphatic heterocycles. The molecule has 1 nitrogen and oxygen atoms in total. The molecule has 1 heterocycles. The van der Waals surface area contributed by atoms with Gasteiger partial charge in [0.25, 0.3) is 0 Å². The lowest BCUT2D eigenvalue weighted by atomic mass is 10.2. The van der Waals surface area contributed by atoms with E-state index in [1.165, 1.54) is 17.7 Å². The summed E-state index contributed by atoms with van der Waals surface area (Å²) in [6.45, 7) is 0. The number of halogens is 1. The molecule has 1 atom stereocenters. The molecule has 3 heteroatoms. The molecule has 2 rings (SSSR count). The van der Waals surface area contributed by atoms with Crippen molar-refractivity contribution in [3.8, 4) is 0 Å². The molecule has 11 heavy (non-hydrogen) atoms. The van der Waals surface area contributed by atoms with Crippen LogP contribution in [0, 0.1) is 5.92 Å². The van der Waals surface area contributed by atoms with Crippen molar-refractivity contribution in [1.82, 2.24) is 0 Å². The lowest BCUT2D eigenvalue weighted by Crippen LogP contribution is -2.10. The van der Waals surface area contributed by atoms with Crippen LogP contribution in [-0.4, -0.2) is 0 Å². The Labute approximate surface area is 78.7 Å². The first-order valence-corrected chi connectivity index (χ1v) is 5.44. The van der Waals surface area contributed by atoms with Gasteiger partial charge in [0.2, 0.25) is 0 Å². The summed E-state index contributed by atoms with van der Waals surface area (Å²) in [7, 11) is 0. The summed E-state index contributed by atoms with van der Waals surface area (Å²) in [6, 6.07) is 2.43. The van der Waals surface area contributed by atoms with Crippen molar-refractivity contribution in [3.63, 3.8) is 0 Å². The van der Waals surface area contributed by atoms with Crippen LogP contribution in [0.15, 0.2) is 15.9 Å². The van der Waals surface area contributed by atoms with E-state index in [4.69, 9.17) is 5.73 Å². The summed E-state index contributed by atoms with van der Waals surface area (Å²) in [6.07, 6.45) is 2.63. The van der Waals surface area contributed by atoms with E-state index in [9.17, 15) is 0 Å². The van der Waals surface area contributed by atoms with Crippen molar-refractivity contribution in [2.75, 3.05) is 0 Å². The average Bonchev–Trinajstić information content (AvgIpc) is 2.74. The molecule has 1 saturated carbocycles. The minimum absolute atomic E-state index is 0.297. The maximum atomic E-state index is 6.00. The van der Waals surface area contributed by atoms with Crippen LogP contribution in [0.2, 0.25) is 0 Å². The van der Waals surface area contributed by atoms with Gasteiger partial charge in [-0.05, 0) is 40.8 Å². The molecule has 0 spiro atoms. The topological polar surface area (TPSA) is 26.0 Å². The predicted molar refractivity (Wildman–Crippen MR) is 51.7 cm³/mol. The molecule has 1 fully saturated rings. The van der Waals surface area contributed by atoms with Crippen LogP contribution in [0.5, 0.6) is 0 Å². The van der Waals surface area contributed by atoms with Crippen LogP contribution in [0.3, 0.4) is 0 Å². The lowest BCUT2D eigenvalue weighted by molar-refractivity contribution is 0.644. The Morgan fingerprint density at radius 3 is 2.82 bits per heavy atom. The first-order valence-electron chi connectivity index (χ1n) is 3.77. The Kier molecular flexibility index (Phi) is 2.04. The molecule has 2 N–H and O–H groups in total. The van der Waals surface area contributed by atoms with Gasteiger partial charge in [0.05, 0.1) is 0 Å². The van der Waals surface area contributed by atoms with Crippen molar-refractivity contribution in [1.29, 1.82) is 0 Å². The van der Waals surface area contributed by atoms with E-state index in [1.807, 2.05) is 0 Å². The van der Waals surface area contributed by atoms with Crippen molar-refractivity contribution >= 4 is 27.3 Å². The van der Waals surface area contributed by atoms with Gasteiger partial charge in [-0.1, -0.05) is 0 Å². The molecule has 0 radical (unpaired) electrons. The van der Waals surface area contributed by atoms with Gasteiger partial charge >= 0.3 is 0 Å². The maximum absolute atomic E-state index is 6.00. The minimum Gasteiger partial charge on any atom is -0.323 e. The van der Waals surface area contributed by atoms with Crippen LogP contribution in [0.25, 0.3) is 0 Å². The van der Waals surface area contributed by atoms with Crippen LogP contribution in [0.4, 0.5) is 0 Å². The molecule has 0 saturated heterocycles. The molecule has 0 aromatic carbocycles. The number of rotatable bonds is 2. The van der Waals surface area contributed by atoms with Gasteiger partial charge in [-0.2, -0.15) is 0 Å². The number of hydrogen-bond donors (Lipinski definition) is 1. The molecular formula is C8H10BrNS. The number of thiophene rings is 1. The lowest BCUT2D eigenvalue weighted by Gasteiger charge is -2.05. The second-order valence-electron chi connectivity index (χ2n) is 3.03. The van der Waals surface area contributed by atoms with E-state index in [1.54, 1.807) is 11.3 Å². The molecule has 0 unspecified atom stereocenters. The number of hydrogen-bond acceptors (Lipinski definition) is 2. The van der Waals surface area contributed by atoms with Crippen LogP contribution in [-0.2, 0) is 0 Å². The third kappa shape index (κ3) is 1.66. The third-order valence-corrected chi connectivity index (χ3v) is 3.84. The highest BCUT2D eigenvalue weighted by molar-refractivity contribution is 9.10. The summed E-state index contributed by atoms with van der Waals surface area (Å²) in [5.41, 5.74) is 6.00. The van der Waals surface area contributed by atoms with Crippen LogP contribution < -0.4 is 5.73 Å². The summed E-state index contributed by atoms with van der Waals surface area (Å²) in [5.74, 6) is 0.764. The highest BCUT2D eigenvalue weighted by atomic mass is 79.9. The van der Waals surface area contributed by atoms with Crippen molar-refractivity contribution in [3.05, 3.63) is 20.8 Å². The van der Waals surface area contributed by atoms with Gasteiger partial charge in [-0.25, -0.2) is 0 Å². The Bertz CT molecular complexity index is 254. The van der Waals surface area contributed by atoms with Crippen molar-refractivity contribution in [2.24, 2.45) is 11.7 Å². The zero-order valence-electron chi connectivity index (χ0n) is 6.09. The number of nitrogens with two attached hydrogens (primary N) is 1. The molecule has 1 aliphatic carbocycles. The quantitative estimate of drug-likeness (QED) is 0.833. The summed E-state index contributed by atoms with van der Waals surface area (Å²) >= 11 is 5.18. The molecule has 0 amide bonds. The smallest absolute Gasteiger partial charge is 0.0418 e. The fraction of sp³-hybridized carbons (Fsp3) is 0.500. The molecule has 60 valence electrons. The zero-order valence-corrected chi connectivity index (χ0v) is 8.49. The first-order chi connectivity index (χ1) is 5.27. The van der Waals surface area contributed by atoms with Crippen LogP contribution in [0.1, 0.15) is 23.8 Å². The molecular weight excluding hydrogens is 222 g/mol. The fourth-order valence-corrected chi connectivity index (χ4v) is 2.73. The Morgan fingerprint density at radius 1 is 1.64 bits per heavy atom. The van der Waals surface area contributed by atoms with Gasteiger partial charge < -0.3 is 5.73 Å². The van der Waals surface area contributed by atoms with Gasteiger partial charge in [0.15, 0.2) is 0 Å². The van der Waals surface area contributed by atoms with Crippen molar-refractivity contribution < 1.29 is 0 Å². The average molecular weight is 232 g/mol. The highest BCUT2D eigenvalue weighted by Gasteiger charge is 2.30. The van der Waals surface area contributed by atoms with E-state index in [-0.39, 0.29) is 0 Å². The van der Waals surface area contributed by atoms with Gasteiger partial charge in [0, 0.05) is 20.8 Å². The normalized spacial score (nSPS) is 20.2. The van der Waals surface area contributed by atoms with Gasteiger partial charge in [0.1, 0.15) is 0 Å². The Balaban J connectivity index is 2.14. The van der Waals surface area contributed by atoms with Gasteiger partial charge in [-0.3, -0.25) is 0 Å².